The van der Waals surface area contributed by atoms with Crippen molar-refractivity contribution in [2.45, 2.75) is 21.9 Å². The molecule has 0 atom stereocenters. The normalized spacial score (nSPS) is 14.2. The van der Waals surface area contributed by atoms with Gasteiger partial charge in [-0.2, -0.15) is 0 Å². The molecule has 2 heterocycles. The molecular weight excluding hydrogens is 480 g/mol. The van der Waals surface area contributed by atoms with E-state index in [4.69, 9.17) is 16.3 Å². The van der Waals surface area contributed by atoms with Gasteiger partial charge in [0.1, 0.15) is 9.96 Å². The zero-order valence-electron chi connectivity index (χ0n) is 16.4. The van der Waals surface area contributed by atoms with Gasteiger partial charge < -0.3 is 4.74 Å². The van der Waals surface area contributed by atoms with E-state index in [0.29, 0.717) is 35.2 Å². The van der Waals surface area contributed by atoms with E-state index in [0.717, 1.165) is 16.9 Å². The molecule has 0 saturated heterocycles. The zero-order chi connectivity index (χ0) is 22.2. The monoisotopic (exact) mass is 498 g/mol. The molecule has 164 valence electrons. The van der Waals surface area contributed by atoms with Crippen LogP contribution in [0.2, 0.25) is 4.34 Å². The predicted molar refractivity (Wildman–Crippen MR) is 122 cm³/mol. The molecule has 2 aromatic carbocycles. The zero-order valence-corrected chi connectivity index (χ0v) is 19.6. The fraction of sp³-hybridized carbons (Fsp3) is 0.200. The highest BCUT2D eigenvalue weighted by Crippen LogP contribution is 2.35. The summed E-state index contributed by atoms with van der Waals surface area (Å²) < 4.78 is 61.3. The molecule has 0 bridgehead atoms. The summed E-state index contributed by atoms with van der Waals surface area (Å²) in [7, 11) is -6.14. The first-order chi connectivity index (χ1) is 14.7. The van der Waals surface area contributed by atoms with Crippen LogP contribution in [0.5, 0.6) is 5.75 Å². The molecule has 0 unspecified atom stereocenters. The molecular formula is C20H19ClN2O5S3. The second-order valence-corrected chi connectivity index (χ2v) is 12.4. The molecule has 0 spiro atoms. The number of hydrogen-bond acceptors (Lipinski definition) is 6. The minimum absolute atomic E-state index is 0.0814. The maximum Gasteiger partial charge on any atom is 0.271 e. The van der Waals surface area contributed by atoms with Gasteiger partial charge in [-0.1, -0.05) is 17.7 Å². The number of nitrogens with zero attached hydrogens (tertiary/aromatic N) is 1. The number of sulfonamides is 2. The Hall–Kier alpha value is -2.27. The van der Waals surface area contributed by atoms with E-state index in [1.54, 1.807) is 30.3 Å². The Balaban J connectivity index is 1.69. The van der Waals surface area contributed by atoms with Crippen LogP contribution in [-0.4, -0.2) is 30.5 Å². The van der Waals surface area contributed by atoms with Crippen LogP contribution in [0.4, 0.5) is 11.4 Å². The summed E-state index contributed by atoms with van der Waals surface area (Å²) in [6, 6.07) is 14.1. The molecule has 0 fully saturated rings. The Morgan fingerprint density at radius 3 is 2.42 bits per heavy atom. The third kappa shape index (κ3) is 4.38. The van der Waals surface area contributed by atoms with Gasteiger partial charge in [0.05, 0.1) is 27.7 Å². The largest absolute Gasteiger partial charge is 0.497 e. The fourth-order valence-corrected chi connectivity index (χ4v) is 7.44. The molecule has 0 amide bonds. The van der Waals surface area contributed by atoms with Crippen molar-refractivity contribution < 1.29 is 21.6 Å². The molecule has 4 rings (SSSR count). The lowest BCUT2D eigenvalue weighted by Crippen LogP contribution is -2.35. The van der Waals surface area contributed by atoms with E-state index in [1.807, 2.05) is 0 Å². The molecule has 1 N–H and O–H groups in total. The number of halogens is 1. The van der Waals surface area contributed by atoms with Crippen LogP contribution in [-0.2, 0) is 26.5 Å². The SMILES string of the molecule is COc1ccc(S(=O)(=O)N2CCCc3ccc(NS(=O)(=O)c4ccc(Cl)s4)cc32)cc1. The molecule has 0 radical (unpaired) electrons. The molecule has 7 nitrogen and oxygen atoms in total. The van der Waals surface area contributed by atoms with Crippen LogP contribution < -0.4 is 13.8 Å². The third-order valence-corrected chi connectivity index (χ3v) is 9.81. The van der Waals surface area contributed by atoms with Gasteiger partial charge in [-0.3, -0.25) is 9.03 Å². The highest BCUT2D eigenvalue weighted by molar-refractivity contribution is 7.94. The smallest absolute Gasteiger partial charge is 0.271 e. The number of rotatable bonds is 6. The van der Waals surface area contributed by atoms with Gasteiger partial charge in [-0.05, 0) is 66.9 Å². The van der Waals surface area contributed by atoms with E-state index < -0.39 is 20.0 Å². The van der Waals surface area contributed by atoms with Gasteiger partial charge in [-0.25, -0.2) is 16.8 Å². The van der Waals surface area contributed by atoms with Crippen LogP contribution in [0.3, 0.4) is 0 Å². The number of nitrogens with one attached hydrogen (secondary N) is 1. The summed E-state index contributed by atoms with van der Waals surface area (Å²) in [5.74, 6) is 0.559. The lowest BCUT2D eigenvalue weighted by Gasteiger charge is -2.31. The van der Waals surface area contributed by atoms with Crippen LogP contribution in [0, 0.1) is 0 Å². The Morgan fingerprint density at radius 2 is 1.77 bits per heavy atom. The minimum atomic E-state index is -3.83. The Morgan fingerprint density at radius 1 is 1.03 bits per heavy atom. The third-order valence-electron chi connectivity index (χ3n) is 4.87. The van der Waals surface area contributed by atoms with E-state index in [9.17, 15) is 16.8 Å². The molecule has 0 aliphatic carbocycles. The summed E-state index contributed by atoms with van der Waals surface area (Å²) in [4.78, 5) is 0.139. The van der Waals surface area contributed by atoms with Crippen molar-refractivity contribution in [3.8, 4) is 5.75 Å². The summed E-state index contributed by atoms with van der Waals surface area (Å²) in [5.41, 5.74) is 1.58. The van der Waals surface area contributed by atoms with Crippen LogP contribution >= 0.6 is 22.9 Å². The number of thiophene rings is 1. The maximum atomic E-state index is 13.3. The number of ether oxygens (including phenoxy) is 1. The average molecular weight is 499 g/mol. The number of methoxy groups -OCH3 is 1. The van der Waals surface area contributed by atoms with Gasteiger partial charge in [0.15, 0.2) is 0 Å². The Bertz CT molecular complexity index is 1320. The van der Waals surface area contributed by atoms with Crippen molar-refractivity contribution in [3.63, 3.8) is 0 Å². The second-order valence-electron chi connectivity index (χ2n) is 6.86. The van der Waals surface area contributed by atoms with E-state index in [2.05, 4.69) is 4.72 Å². The highest BCUT2D eigenvalue weighted by Gasteiger charge is 2.30. The van der Waals surface area contributed by atoms with Gasteiger partial charge in [0.2, 0.25) is 0 Å². The van der Waals surface area contributed by atoms with E-state index >= 15 is 0 Å². The number of hydrogen-bond donors (Lipinski definition) is 1. The maximum absolute atomic E-state index is 13.3. The molecule has 1 aliphatic rings. The van der Waals surface area contributed by atoms with Crippen molar-refractivity contribution in [2.24, 2.45) is 0 Å². The predicted octanol–water partition coefficient (Wildman–Crippen LogP) is 4.35. The quantitative estimate of drug-likeness (QED) is 0.545. The minimum Gasteiger partial charge on any atom is -0.497 e. The highest BCUT2D eigenvalue weighted by atomic mass is 35.5. The first-order valence-corrected chi connectivity index (χ1v) is 13.4. The number of anilines is 2. The molecule has 11 heteroatoms. The van der Waals surface area contributed by atoms with Crippen LogP contribution in [0.1, 0.15) is 12.0 Å². The Kier molecular flexibility index (Phi) is 5.91. The molecule has 1 aliphatic heterocycles. The number of benzene rings is 2. The standard InChI is InChI=1S/C20H19ClN2O5S3/c1-28-16-6-8-17(9-7-16)31(26,27)23-12-2-3-14-4-5-15(13-18(14)23)22-30(24,25)20-11-10-19(21)29-20/h4-11,13,22H,2-3,12H2,1H3. The number of fused-ring (bicyclic) bond motifs is 1. The second kappa shape index (κ2) is 8.34. The first kappa shape index (κ1) is 21.9. The van der Waals surface area contributed by atoms with Crippen molar-refractivity contribution in [1.82, 2.24) is 0 Å². The summed E-state index contributed by atoms with van der Waals surface area (Å²) in [6.45, 7) is 0.304. The molecule has 3 aromatic rings. The van der Waals surface area contributed by atoms with Gasteiger partial charge >= 0.3 is 0 Å². The number of aryl methyl sites for hydroxylation is 1. The summed E-state index contributed by atoms with van der Waals surface area (Å²) in [6.07, 6.45) is 1.37. The van der Waals surface area contributed by atoms with Crippen molar-refractivity contribution in [2.75, 3.05) is 22.7 Å². The lowest BCUT2D eigenvalue weighted by atomic mass is 10.0. The van der Waals surface area contributed by atoms with Crippen molar-refractivity contribution in [1.29, 1.82) is 0 Å². The van der Waals surface area contributed by atoms with E-state index in [1.165, 1.54) is 35.7 Å². The van der Waals surface area contributed by atoms with Gasteiger partial charge in [-0.15, -0.1) is 11.3 Å². The average Bonchev–Trinajstić information content (AvgIpc) is 3.20. The lowest BCUT2D eigenvalue weighted by molar-refractivity contribution is 0.414. The summed E-state index contributed by atoms with van der Waals surface area (Å²) >= 11 is 6.80. The summed E-state index contributed by atoms with van der Waals surface area (Å²) in [5, 5.41) is 0. The van der Waals surface area contributed by atoms with Crippen molar-refractivity contribution in [3.05, 3.63) is 64.5 Å². The molecule has 1 aromatic heterocycles. The van der Waals surface area contributed by atoms with Gasteiger partial charge in [0.25, 0.3) is 20.0 Å². The first-order valence-electron chi connectivity index (χ1n) is 9.28. The van der Waals surface area contributed by atoms with E-state index in [-0.39, 0.29) is 14.8 Å². The van der Waals surface area contributed by atoms with Crippen molar-refractivity contribution >= 4 is 54.4 Å². The van der Waals surface area contributed by atoms with Crippen LogP contribution in [0.25, 0.3) is 0 Å². The van der Waals surface area contributed by atoms with Crippen LogP contribution in [0.15, 0.2) is 63.7 Å². The fourth-order valence-electron chi connectivity index (χ4n) is 3.38. The molecule has 31 heavy (non-hydrogen) atoms. The molecule has 0 saturated carbocycles. The Labute approximate surface area is 190 Å². The van der Waals surface area contributed by atoms with Gasteiger partial charge in [0, 0.05) is 6.54 Å². The topological polar surface area (TPSA) is 92.8 Å².